The summed E-state index contributed by atoms with van der Waals surface area (Å²) in [6.45, 7) is 4.45. The van der Waals surface area contributed by atoms with E-state index in [9.17, 15) is 4.39 Å². The molecule has 2 aliphatic carbocycles. The van der Waals surface area contributed by atoms with Crippen molar-refractivity contribution in [2.45, 2.75) is 77.6 Å². The van der Waals surface area contributed by atoms with Crippen LogP contribution in [-0.4, -0.2) is 0 Å². The van der Waals surface area contributed by atoms with E-state index < -0.39 is 0 Å². The van der Waals surface area contributed by atoms with Gasteiger partial charge in [-0.05, 0) is 85.8 Å². The lowest BCUT2D eigenvalue weighted by atomic mass is 9.68. The van der Waals surface area contributed by atoms with E-state index in [0.29, 0.717) is 5.92 Å². The first-order valence-corrected chi connectivity index (χ1v) is 9.45. The molecule has 0 heterocycles. The summed E-state index contributed by atoms with van der Waals surface area (Å²) in [7, 11) is 0. The van der Waals surface area contributed by atoms with E-state index in [2.05, 4.69) is 13.0 Å². The third kappa shape index (κ3) is 3.55. The monoisotopic (exact) mass is 302 g/mol. The van der Waals surface area contributed by atoms with Crippen molar-refractivity contribution in [3.05, 3.63) is 35.1 Å². The number of rotatable bonds is 3. The summed E-state index contributed by atoms with van der Waals surface area (Å²) >= 11 is 0. The topological polar surface area (TPSA) is 0 Å². The molecule has 1 heteroatoms. The molecule has 0 spiro atoms. The van der Waals surface area contributed by atoms with Crippen LogP contribution in [-0.2, 0) is 6.42 Å². The van der Waals surface area contributed by atoms with Gasteiger partial charge in [-0.3, -0.25) is 0 Å². The van der Waals surface area contributed by atoms with E-state index in [0.717, 1.165) is 29.7 Å². The third-order valence-corrected chi connectivity index (χ3v) is 6.42. The molecule has 2 aliphatic rings. The van der Waals surface area contributed by atoms with Gasteiger partial charge in [0.05, 0.1) is 0 Å². The summed E-state index contributed by atoms with van der Waals surface area (Å²) in [4.78, 5) is 0. The molecule has 0 radical (unpaired) electrons. The Hall–Kier alpha value is -0.850. The van der Waals surface area contributed by atoms with Crippen molar-refractivity contribution in [1.29, 1.82) is 0 Å². The smallest absolute Gasteiger partial charge is 0.126 e. The predicted molar refractivity (Wildman–Crippen MR) is 91.6 cm³/mol. The van der Waals surface area contributed by atoms with Crippen LogP contribution in [0.15, 0.2) is 18.2 Å². The van der Waals surface area contributed by atoms with Crippen molar-refractivity contribution < 1.29 is 4.39 Å². The Morgan fingerprint density at radius 3 is 2.09 bits per heavy atom. The molecule has 2 fully saturated rings. The number of benzene rings is 1. The first-order valence-electron chi connectivity index (χ1n) is 9.45. The van der Waals surface area contributed by atoms with Crippen molar-refractivity contribution in [2.24, 2.45) is 17.8 Å². The second-order valence-corrected chi connectivity index (χ2v) is 7.84. The Balaban J connectivity index is 1.57. The van der Waals surface area contributed by atoms with Crippen molar-refractivity contribution in [3.8, 4) is 0 Å². The molecule has 0 unspecified atom stereocenters. The molecular formula is C21H31F. The molecular weight excluding hydrogens is 271 g/mol. The maximum atomic E-state index is 13.7. The summed E-state index contributed by atoms with van der Waals surface area (Å²) in [6, 6.07) is 5.84. The number of hydrogen-bond donors (Lipinski definition) is 0. The normalized spacial score (nSPS) is 32.9. The molecule has 1 aromatic rings. The first kappa shape index (κ1) is 16.0. The minimum atomic E-state index is -0.0312. The Morgan fingerprint density at radius 1 is 0.909 bits per heavy atom. The summed E-state index contributed by atoms with van der Waals surface area (Å²) in [5, 5.41) is 0. The highest BCUT2D eigenvalue weighted by molar-refractivity contribution is 5.28. The number of halogens is 1. The van der Waals surface area contributed by atoms with Crippen LogP contribution in [0.25, 0.3) is 0 Å². The van der Waals surface area contributed by atoms with Crippen LogP contribution in [0.5, 0.6) is 0 Å². The largest absolute Gasteiger partial charge is 0.207 e. The van der Waals surface area contributed by atoms with Gasteiger partial charge in [0.25, 0.3) is 0 Å². The Kier molecular flexibility index (Phi) is 5.21. The third-order valence-electron chi connectivity index (χ3n) is 6.42. The highest BCUT2D eigenvalue weighted by Crippen LogP contribution is 2.43. The van der Waals surface area contributed by atoms with E-state index >= 15 is 0 Å². The standard InChI is InChI=1S/C21H31F/c1-3-16-14-20(12-13-21(16)22)19-10-8-18(9-11-19)17-6-4-15(2)5-7-17/h12-15,17-19H,3-11H2,1-2H3. The van der Waals surface area contributed by atoms with Gasteiger partial charge in [-0.25, -0.2) is 4.39 Å². The van der Waals surface area contributed by atoms with Crippen molar-refractivity contribution in [3.63, 3.8) is 0 Å². The Morgan fingerprint density at radius 2 is 1.50 bits per heavy atom. The summed E-state index contributed by atoms with van der Waals surface area (Å²) in [5.74, 6) is 3.56. The average molecular weight is 302 g/mol. The maximum absolute atomic E-state index is 13.7. The van der Waals surface area contributed by atoms with Gasteiger partial charge in [0.2, 0.25) is 0 Å². The average Bonchev–Trinajstić information content (AvgIpc) is 2.56. The number of hydrogen-bond acceptors (Lipinski definition) is 0. The van der Waals surface area contributed by atoms with Gasteiger partial charge in [0, 0.05) is 0 Å². The lowest BCUT2D eigenvalue weighted by Gasteiger charge is -2.37. The SMILES string of the molecule is CCc1cc(C2CCC(C3CCC(C)CC3)CC2)ccc1F. The van der Waals surface area contributed by atoms with Gasteiger partial charge in [-0.15, -0.1) is 0 Å². The molecule has 0 nitrogen and oxygen atoms in total. The number of aryl methyl sites for hydroxylation is 1. The predicted octanol–water partition coefficient (Wildman–Crippen LogP) is 6.49. The van der Waals surface area contributed by atoms with Crippen molar-refractivity contribution in [1.82, 2.24) is 0 Å². The van der Waals surface area contributed by atoms with E-state index in [1.54, 1.807) is 6.07 Å². The van der Waals surface area contributed by atoms with Crippen molar-refractivity contribution in [2.75, 3.05) is 0 Å². The van der Waals surface area contributed by atoms with E-state index in [1.165, 1.54) is 56.9 Å². The van der Waals surface area contributed by atoms with E-state index in [4.69, 9.17) is 0 Å². The van der Waals surface area contributed by atoms with E-state index in [-0.39, 0.29) is 5.82 Å². The Bertz CT molecular complexity index is 477. The lowest BCUT2D eigenvalue weighted by molar-refractivity contribution is 0.165. The molecule has 0 aromatic heterocycles. The van der Waals surface area contributed by atoms with Gasteiger partial charge in [-0.2, -0.15) is 0 Å². The Labute approximate surface area is 135 Å². The molecule has 122 valence electrons. The lowest BCUT2D eigenvalue weighted by Crippen LogP contribution is -2.24. The van der Waals surface area contributed by atoms with Crippen LogP contribution in [0.1, 0.15) is 82.3 Å². The molecule has 3 rings (SSSR count). The summed E-state index contributed by atoms with van der Waals surface area (Å²) in [5.41, 5.74) is 2.27. The minimum absolute atomic E-state index is 0.0312. The molecule has 0 saturated heterocycles. The summed E-state index contributed by atoms with van der Waals surface area (Å²) < 4.78 is 13.7. The van der Waals surface area contributed by atoms with Crippen LogP contribution in [0.2, 0.25) is 0 Å². The van der Waals surface area contributed by atoms with Gasteiger partial charge in [-0.1, -0.05) is 38.8 Å². The zero-order valence-corrected chi connectivity index (χ0v) is 14.3. The van der Waals surface area contributed by atoms with Crippen LogP contribution in [0, 0.1) is 23.6 Å². The highest BCUT2D eigenvalue weighted by Gasteiger charge is 2.30. The molecule has 0 aliphatic heterocycles. The van der Waals surface area contributed by atoms with E-state index in [1.807, 2.05) is 13.0 Å². The highest BCUT2D eigenvalue weighted by atomic mass is 19.1. The molecule has 22 heavy (non-hydrogen) atoms. The fraction of sp³-hybridized carbons (Fsp3) is 0.714. The second kappa shape index (κ2) is 7.15. The minimum Gasteiger partial charge on any atom is -0.207 e. The molecule has 0 amide bonds. The molecule has 2 saturated carbocycles. The zero-order chi connectivity index (χ0) is 15.5. The maximum Gasteiger partial charge on any atom is 0.126 e. The van der Waals surface area contributed by atoms with Gasteiger partial charge in [0.1, 0.15) is 5.82 Å². The molecule has 1 aromatic carbocycles. The molecule has 0 bridgehead atoms. The quantitative estimate of drug-likeness (QED) is 0.598. The van der Waals surface area contributed by atoms with Gasteiger partial charge >= 0.3 is 0 Å². The van der Waals surface area contributed by atoms with Gasteiger partial charge < -0.3 is 0 Å². The first-order chi connectivity index (χ1) is 10.7. The van der Waals surface area contributed by atoms with Gasteiger partial charge in [0.15, 0.2) is 0 Å². The fourth-order valence-electron chi connectivity index (χ4n) is 4.80. The zero-order valence-electron chi connectivity index (χ0n) is 14.3. The van der Waals surface area contributed by atoms with Crippen LogP contribution in [0.3, 0.4) is 0 Å². The summed E-state index contributed by atoms with van der Waals surface area (Å²) in [6.07, 6.45) is 12.0. The molecule has 0 N–H and O–H groups in total. The van der Waals surface area contributed by atoms with Crippen LogP contribution < -0.4 is 0 Å². The van der Waals surface area contributed by atoms with Crippen LogP contribution in [0.4, 0.5) is 4.39 Å². The molecule has 0 atom stereocenters. The van der Waals surface area contributed by atoms with Crippen LogP contribution >= 0.6 is 0 Å². The van der Waals surface area contributed by atoms with Crippen molar-refractivity contribution >= 4 is 0 Å². The second-order valence-electron chi connectivity index (χ2n) is 7.84. The fourth-order valence-corrected chi connectivity index (χ4v) is 4.80.